The summed E-state index contributed by atoms with van der Waals surface area (Å²) in [4.78, 5) is 41.7. The molecule has 1 aliphatic rings. The Hall–Kier alpha value is -2.68. The summed E-state index contributed by atoms with van der Waals surface area (Å²) in [5, 5.41) is 2.73. The average molecular weight is 434 g/mol. The van der Waals surface area contributed by atoms with Crippen molar-refractivity contribution in [2.75, 3.05) is 23.3 Å². The molecule has 0 spiro atoms. The fourth-order valence-corrected chi connectivity index (χ4v) is 3.42. The smallest absolute Gasteiger partial charge is 0.251 e. The predicted octanol–water partition coefficient (Wildman–Crippen LogP) is 1.35. The van der Waals surface area contributed by atoms with E-state index < -0.39 is 0 Å². The van der Waals surface area contributed by atoms with Gasteiger partial charge in [-0.25, -0.2) is 4.98 Å². The van der Waals surface area contributed by atoms with Crippen molar-refractivity contribution in [3.63, 3.8) is 0 Å². The van der Waals surface area contributed by atoms with Crippen LogP contribution >= 0.6 is 15.9 Å². The van der Waals surface area contributed by atoms with Crippen LogP contribution in [0, 0.1) is 5.92 Å². The molecule has 1 atom stereocenters. The fraction of sp³-hybridized carbons (Fsp3) is 0.333. The Morgan fingerprint density at radius 2 is 2.11 bits per heavy atom. The van der Waals surface area contributed by atoms with E-state index >= 15 is 0 Å². The van der Waals surface area contributed by atoms with Crippen LogP contribution in [0.2, 0.25) is 0 Å². The number of pyridine rings is 2. The van der Waals surface area contributed by atoms with E-state index in [0.29, 0.717) is 12.2 Å². The number of hydrogen-bond donors (Lipinski definition) is 2. The molecule has 1 fully saturated rings. The summed E-state index contributed by atoms with van der Waals surface area (Å²) in [5.74, 6) is -0.0338. The minimum Gasteiger partial charge on any atom is -0.369 e. The lowest BCUT2D eigenvalue weighted by Gasteiger charge is -2.32. The number of hydrogen-bond acceptors (Lipinski definition) is 5. The van der Waals surface area contributed by atoms with E-state index in [-0.39, 0.29) is 29.8 Å². The lowest BCUT2D eigenvalue weighted by Crippen LogP contribution is -2.41. The SMILES string of the molecule is NC(=O)C1CCCN(c2ccc(NC(=O)Cn3cc(Br)ccc3=O)cn2)C1. The highest BCUT2D eigenvalue weighted by molar-refractivity contribution is 9.10. The van der Waals surface area contributed by atoms with Crippen LogP contribution in [-0.2, 0) is 16.1 Å². The van der Waals surface area contributed by atoms with Crippen molar-refractivity contribution in [2.45, 2.75) is 19.4 Å². The summed E-state index contributed by atoms with van der Waals surface area (Å²) in [5.41, 5.74) is 5.69. The maximum Gasteiger partial charge on any atom is 0.251 e. The summed E-state index contributed by atoms with van der Waals surface area (Å²) < 4.78 is 2.04. The predicted molar refractivity (Wildman–Crippen MR) is 105 cm³/mol. The van der Waals surface area contributed by atoms with Gasteiger partial charge in [-0.05, 0) is 47.0 Å². The molecular formula is C18H20BrN5O3. The van der Waals surface area contributed by atoms with Crippen LogP contribution in [0.3, 0.4) is 0 Å². The Morgan fingerprint density at radius 3 is 2.81 bits per heavy atom. The van der Waals surface area contributed by atoms with Crippen molar-refractivity contribution in [2.24, 2.45) is 11.7 Å². The first-order valence-corrected chi connectivity index (χ1v) is 9.38. The van der Waals surface area contributed by atoms with E-state index in [1.54, 1.807) is 30.6 Å². The Morgan fingerprint density at radius 1 is 1.30 bits per heavy atom. The van der Waals surface area contributed by atoms with Gasteiger partial charge in [0, 0.05) is 29.8 Å². The molecule has 0 saturated carbocycles. The molecule has 1 saturated heterocycles. The average Bonchev–Trinajstić information content (AvgIpc) is 2.65. The van der Waals surface area contributed by atoms with Crippen molar-refractivity contribution in [1.29, 1.82) is 0 Å². The monoisotopic (exact) mass is 433 g/mol. The van der Waals surface area contributed by atoms with Gasteiger partial charge in [0.25, 0.3) is 5.56 Å². The highest BCUT2D eigenvalue weighted by Crippen LogP contribution is 2.22. The molecule has 0 bridgehead atoms. The van der Waals surface area contributed by atoms with Gasteiger partial charge in [0.05, 0.1) is 17.8 Å². The maximum absolute atomic E-state index is 12.2. The minimum atomic E-state index is -0.323. The number of carbonyl (C=O) groups is 2. The van der Waals surface area contributed by atoms with Crippen molar-refractivity contribution < 1.29 is 9.59 Å². The molecule has 3 heterocycles. The molecule has 3 rings (SSSR count). The molecule has 8 nitrogen and oxygen atoms in total. The minimum absolute atomic E-state index is 0.0908. The first-order chi connectivity index (χ1) is 12.9. The summed E-state index contributed by atoms with van der Waals surface area (Å²) in [6.07, 6.45) is 4.81. The molecule has 27 heavy (non-hydrogen) atoms. The third kappa shape index (κ3) is 4.94. The van der Waals surface area contributed by atoms with E-state index in [1.807, 2.05) is 4.90 Å². The normalized spacial score (nSPS) is 16.8. The Kier molecular flexibility index (Phi) is 5.90. The van der Waals surface area contributed by atoms with Crippen LogP contribution < -0.4 is 21.5 Å². The molecule has 0 aliphatic carbocycles. The second kappa shape index (κ2) is 8.34. The Balaban J connectivity index is 1.62. The number of aromatic nitrogens is 2. The number of nitrogens with one attached hydrogen (secondary N) is 1. The van der Waals surface area contributed by atoms with Crippen LogP contribution in [0.15, 0.2) is 45.9 Å². The fourth-order valence-electron chi connectivity index (χ4n) is 3.05. The first kappa shape index (κ1) is 19.1. The molecule has 1 aliphatic heterocycles. The lowest BCUT2D eigenvalue weighted by atomic mass is 9.97. The Labute approximate surface area is 164 Å². The van der Waals surface area contributed by atoms with Gasteiger partial charge in [-0.1, -0.05) is 0 Å². The second-order valence-electron chi connectivity index (χ2n) is 6.45. The number of nitrogens with zero attached hydrogens (tertiary/aromatic N) is 3. The lowest BCUT2D eigenvalue weighted by molar-refractivity contribution is -0.122. The van der Waals surface area contributed by atoms with Crippen LogP contribution in [0.25, 0.3) is 0 Å². The molecule has 2 amide bonds. The topological polar surface area (TPSA) is 110 Å². The highest BCUT2D eigenvalue weighted by atomic mass is 79.9. The zero-order valence-electron chi connectivity index (χ0n) is 14.6. The van der Waals surface area contributed by atoms with Crippen LogP contribution in [0.5, 0.6) is 0 Å². The van der Waals surface area contributed by atoms with E-state index in [0.717, 1.165) is 29.7 Å². The third-order valence-electron chi connectivity index (χ3n) is 4.44. The molecule has 0 aromatic carbocycles. The third-order valence-corrected chi connectivity index (χ3v) is 4.91. The van der Waals surface area contributed by atoms with E-state index in [1.165, 1.54) is 10.6 Å². The van der Waals surface area contributed by atoms with Gasteiger partial charge in [0.15, 0.2) is 0 Å². The van der Waals surface area contributed by atoms with E-state index in [2.05, 4.69) is 26.2 Å². The number of amides is 2. The van der Waals surface area contributed by atoms with Crippen molar-refractivity contribution in [1.82, 2.24) is 9.55 Å². The largest absolute Gasteiger partial charge is 0.369 e. The molecule has 2 aromatic heterocycles. The molecule has 0 radical (unpaired) electrons. The molecule has 9 heteroatoms. The Bertz CT molecular complexity index is 897. The number of piperidine rings is 1. The van der Waals surface area contributed by atoms with Gasteiger partial charge in [-0.3, -0.25) is 14.4 Å². The second-order valence-corrected chi connectivity index (χ2v) is 7.37. The van der Waals surface area contributed by atoms with Crippen LogP contribution in [0.1, 0.15) is 12.8 Å². The number of halogens is 1. The maximum atomic E-state index is 12.2. The number of rotatable bonds is 5. The summed E-state index contributed by atoms with van der Waals surface area (Å²) in [6, 6.07) is 6.57. The first-order valence-electron chi connectivity index (χ1n) is 8.58. The summed E-state index contributed by atoms with van der Waals surface area (Å²) in [6.45, 7) is 1.28. The van der Waals surface area contributed by atoms with E-state index in [9.17, 15) is 14.4 Å². The summed E-state index contributed by atoms with van der Waals surface area (Å²) in [7, 11) is 0. The zero-order chi connectivity index (χ0) is 19.4. The number of nitrogens with two attached hydrogens (primary N) is 1. The molecule has 142 valence electrons. The van der Waals surface area contributed by atoms with Crippen LogP contribution in [-0.4, -0.2) is 34.5 Å². The van der Waals surface area contributed by atoms with Gasteiger partial charge in [-0.15, -0.1) is 0 Å². The van der Waals surface area contributed by atoms with E-state index in [4.69, 9.17) is 5.73 Å². The zero-order valence-corrected chi connectivity index (χ0v) is 16.2. The van der Waals surface area contributed by atoms with Crippen LogP contribution in [0.4, 0.5) is 11.5 Å². The van der Waals surface area contributed by atoms with Crippen molar-refractivity contribution in [3.05, 3.63) is 51.5 Å². The van der Waals surface area contributed by atoms with Gasteiger partial charge in [0.1, 0.15) is 12.4 Å². The standard InChI is InChI=1S/C18H20BrN5O3/c19-13-3-6-17(26)24(10-13)11-16(25)22-14-4-5-15(21-8-14)23-7-1-2-12(9-23)18(20)27/h3-6,8,10,12H,1-2,7,9,11H2,(H2,20,27)(H,22,25). The molecule has 3 N–H and O–H groups in total. The molecular weight excluding hydrogens is 414 g/mol. The highest BCUT2D eigenvalue weighted by Gasteiger charge is 2.24. The van der Waals surface area contributed by atoms with Gasteiger partial charge >= 0.3 is 0 Å². The number of primary amides is 1. The molecule has 1 unspecified atom stereocenters. The molecule has 2 aromatic rings. The number of carbonyl (C=O) groups excluding carboxylic acids is 2. The quantitative estimate of drug-likeness (QED) is 0.738. The van der Waals surface area contributed by atoms with Gasteiger partial charge in [0.2, 0.25) is 11.8 Å². The van der Waals surface area contributed by atoms with Crippen molar-refractivity contribution in [3.8, 4) is 0 Å². The number of anilines is 2. The van der Waals surface area contributed by atoms with Gasteiger partial charge in [-0.2, -0.15) is 0 Å². The summed E-state index contributed by atoms with van der Waals surface area (Å²) >= 11 is 3.28. The van der Waals surface area contributed by atoms with Crippen molar-refractivity contribution >= 4 is 39.2 Å². The van der Waals surface area contributed by atoms with Gasteiger partial charge < -0.3 is 20.5 Å².